The molecule has 9 heteroatoms. The van der Waals surface area contributed by atoms with Gasteiger partial charge in [0.15, 0.2) is 5.82 Å². The van der Waals surface area contributed by atoms with Gasteiger partial charge in [0.05, 0.1) is 0 Å². The Hall–Kier alpha value is -0.900. The first-order valence-electron chi connectivity index (χ1n) is 5.29. The third kappa shape index (κ3) is 2.99. The van der Waals surface area contributed by atoms with E-state index >= 15 is 0 Å². The van der Waals surface area contributed by atoms with Gasteiger partial charge in [-0.25, -0.2) is 8.42 Å². The number of nitrogens with two attached hydrogens (primary N) is 1. The summed E-state index contributed by atoms with van der Waals surface area (Å²) < 4.78 is 28.3. The first-order valence-corrected chi connectivity index (χ1v) is 8.40. The molecule has 0 aromatic carbocycles. The van der Waals surface area contributed by atoms with Gasteiger partial charge in [0, 0.05) is 41.6 Å². The Morgan fingerprint density at radius 1 is 1.58 bits per heavy atom. The average molecular weight is 365 g/mol. The lowest BCUT2D eigenvalue weighted by Crippen LogP contribution is -2.26. The van der Waals surface area contributed by atoms with Crippen LogP contribution < -0.4 is 5.73 Å². The van der Waals surface area contributed by atoms with Gasteiger partial charge in [0.1, 0.15) is 4.90 Å². The molecule has 2 heterocycles. The molecule has 2 N–H and O–H groups in total. The van der Waals surface area contributed by atoms with Crippen LogP contribution in [0.2, 0.25) is 0 Å². The molecule has 0 amide bonds. The van der Waals surface area contributed by atoms with Crippen LogP contribution in [0.4, 0.5) is 5.82 Å². The van der Waals surface area contributed by atoms with Crippen molar-refractivity contribution in [3.8, 4) is 0 Å². The van der Waals surface area contributed by atoms with Crippen molar-refractivity contribution in [2.45, 2.75) is 11.4 Å². The standard InChI is InChI=1S/C10H13BrN4O2S2/c1-14-5-9(10(12)13-14)19(16,17)15(2)4-8-3-7(11)6-18-8/h3,5-6H,4H2,1-2H3,(H2,12,13). The fraction of sp³-hybridized carbons (Fsp3) is 0.300. The number of aryl methyl sites for hydroxylation is 1. The van der Waals surface area contributed by atoms with Crippen LogP contribution in [0.25, 0.3) is 0 Å². The predicted molar refractivity (Wildman–Crippen MR) is 78.3 cm³/mol. The lowest BCUT2D eigenvalue weighted by molar-refractivity contribution is 0.470. The van der Waals surface area contributed by atoms with E-state index in [0.29, 0.717) is 6.54 Å². The van der Waals surface area contributed by atoms with E-state index in [4.69, 9.17) is 5.73 Å². The number of rotatable bonds is 4. The van der Waals surface area contributed by atoms with Crippen LogP contribution in [0.5, 0.6) is 0 Å². The molecule has 2 rings (SSSR count). The molecule has 0 spiro atoms. The highest BCUT2D eigenvalue weighted by molar-refractivity contribution is 9.10. The van der Waals surface area contributed by atoms with Crippen LogP contribution in [0.1, 0.15) is 4.88 Å². The normalized spacial score (nSPS) is 12.2. The van der Waals surface area contributed by atoms with Gasteiger partial charge >= 0.3 is 0 Å². The molecule has 0 aliphatic heterocycles. The van der Waals surface area contributed by atoms with Crippen LogP contribution in [0, 0.1) is 0 Å². The molecule has 104 valence electrons. The second kappa shape index (κ2) is 5.23. The van der Waals surface area contributed by atoms with Crippen molar-refractivity contribution < 1.29 is 8.42 Å². The smallest absolute Gasteiger partial charge is 0.248 e. The van der Waals surface area contributed by atoms with E-state index in [1.165, 1.54) is 33.6 Å². The van der Waals surface area contributed by atoms with E-state index in [0.717, 1.165) is 9.35 Å². The lowest BCUT2D eigenvalue weighted by atomic mass is 10.5. The zero-order chi connectivity index (χ0) is 14.2. The first-order chi connectivity index (χ1) is 8.80. The second-order valence-electron chi connectivity index (χ2n) is 4.04. The minimum absolute atomic E-state index is 0.0155. The van der Waals surface area contributed by atoms with Crippen LogP contribution >= 0.6 is 27.3 Å². The summed E-state index contributed by atoms with van der Waals surface area (Å²) in [4.78, 5) is 0.980. The molecule has 0 unspecified atom stereocenters. The monoisotopic (exact) mass is 364 g/mol. The van der Waals surface area contributed by atoms with Crippen molar-refractivity contribution in [2.24, 2.45) is 7.05 Å². The number of hydrogen-bond donors (Lipinski definition) is 1. The molecule has 6 nitrogen and oxygen atoms in total. The maximum Gasteiger partial charge on any atom is 0.248 e. The SMILES string of the molecule is CN(Cc1cc(Br)cs1)S(=O)(=O)c1cn(C)nc1N. The maximum atomic E-state index is 12.4. The summed E-state index contributed by atoms with van der Waals surface area (Å²) in [5, 5.41) is 5.77. The molecule has 0 atom stereocenters. The molecule has 0 bridgehead atoms. The number of sulfonamides is 1. The third-order valence-corrected chi connectivity index (χ3v) is 6.01. The van der Waals surface area contributed by atoms with E-state index < -0.39 is 10.0 Å². The van der Waals surface area contributed by atoms with E-state index in [1.54, 1.807) is 7.05 Å². The summed E-state index contributed by atoms with van der Waals surface area (Å²) in [7, 11) is -0.467. The molecule has 19 heavy (non-hydrogen) atoms. The number of nitrogens with zero attached hydrogens (tertiary/aromatic N) is 3. The van der Waals surface area contributed by atoms with Gasteiger partial charge in [-0.15, -0.1) is 11.3 Å². The highest BCUT2D eigenvalue weighted by Gasteiger charge is 2.26. The highest BCUT2D eigenvalue weighted by atomic mass is 79.9. The summed E-state index contributed by atoms with van der Waals surface area (Å²) in [6.45, 7) is 0.299. The van der Waals surface area contributed by atoms with Gasteiger partial charge in [-0.1, -0.05) is 0 Å². The lowest BCUT2D eigenvalue weighted by Gasteiger charge is -2.15. The largest absolute Gasteiger partial charge is 0.381 e. The first kappa shape index (κ1) is 14.5. The van der Waals surface area contributed by atoms with Crippen molar-refractivity contribution in [3.63, 3.8) is 0 Å². The number of anilines is 1. The van der Waals surface area contributed by atoms with Crippen LogP contribution in [0.15, 0.2) is 27.0 Å². The molecule has 2 aromatic rings. The van der Waals surface area contributed by atoms with Gasteiger partial charge in [-0.05, 0) is 22.0 Å². The topological polar surface area (TPSA) is 81.2 Å². The fourth-order valence-electron chi connectivity index (χ4n) is 1.59. The second-order valence-corrected chi connectivity index (χ2v) is 7.97. The fourth-order valence-corrected chi connectivity index (χ4v) is 4.41. The third-order valence-electron chi connectivity index (χ3n) is 2.51. The van der Waals surface area contributed by atoms with Crippen LogP contribution in [0.3, 0.4) is 0 Å². The number of halogens is 1. The van der Waals surface area contributed by atoms with E-state index in [-0.39, 0.29) is 10.7 Å². The molecule has 0 saturated heterocycles. The molecular formula is C10H13BrN4O2S2. The number of thiophene rings is 1. The van der Waals surface area contributed by atoms with Crippen molar-refractivity contribution >= 4 is 43.1 Å². The minimum atomic E-state index is -3.62. The van der Waals surface area contributed by atoms with Crippen molar-refractivity contribution in [1.82, 2.24) is 14.1 Å². The Kier molecular flexibility index (Phi) is 4.00. The molecule has 2 aromatic heterocycles. The van der Waals surface area contributed by atoms with Crippen molar-refractivity contribution in [1.29, 1.82) is 0 Å². The molecule has 0 aliphatic carbocycles. The number of nitrogen functional groups attached to an aromatic ring is 1. The quantitative estimate of drug-likeness (QED) is 0.893. The molecule has 0 aliphatic rings. The van der Waals surface area contributed by atoms with Gasteiger partial charge in [0.25, 0.3) is 0 Å². The Balaban J connectivity index is 2.27. The Morgan fingerprint density at radius 2 is 2.26 bits per heavy atom. The Morgan fingerprint density at radius 3 is 2.74 bits per heavy atom. The summed E-state index contributed by atoms with van der Waals surface area (Å²) in [6, 6.07) is 1.89. The average Bonchev–Trinajstić information content (AvgIpc) is 2.85. The van der Waals surface area contributed by atoms with Crippen molar-refractivity contribution in [2.75, 3.05) is 12.8 Å². The zero-order valence-electron chi connectivity index (χ0n) is 10.4. The minimum Gasteiger partial charge on any atom is -0.381 e. The number of hydrogen-bond acceptors (Lipinski definition) is 5. The van der Waals surface area contributed by atoms with Crippen molar-refractivity contribution in [3.05, 3.63) is 27.0 Å². The Bertz CT molecular complexity index is 692. The molecule has 0 radical (unpaired) electrons. The van der Waals surface area contributed by atoms with Crippen LogP contribution in [-0.4, -0.2) is 29.6 Å². The van der Waals surface area contributed by atoms with E-state index in [9.17, 15) is 8.42 Å². The summed E-state index contributed by atoms with van der Waals surface area (Å²) in [5.74, 6) is 0.0155. The zero-order valence-corrected chi connectivity index (χ0v) is 13.6. The molecular weight excluding hydrogens is 352 g/mol. The Labute approximate surface area is 124 Å². The number of aromatic nitrogens is 2. The summed E-state index contributed by atoms with van der Waals surface area (Å²) >= 11 is 4.84. The van der Waals surface area contributed by atoms with Crippen LogP contribution in [-0.2, 0) is 23.6 Å². The molecule has 0 fully saturated rings. The van der Waals surface area contributed by atoms with Gasteiger partial charge in [0.2, 0.25) is 10.0 Å². The van der Waals surface area contributed by atoms with Gasteiger partial charge in [-0.2, -0.15) is 9.40 Å². The maximum absolute atomic E-state index is 12.4. The summed E-state index contributed by atoms with van der Waals surface area (Å²) in [6.07, 6.45) is 1.41. The highest BCUT2D eigenvalue weighted by Crippen LogP contribution is 2.25. The van der Waals surface area contributed by atoms with E-state index in [1.807, 2.05) is 11.4 Å². The van der Waals surface area contributed by atoms with Gasteiger partial charge in [-0.3, -0.25) is 4.68 Å². The van der Waals surface area contributed by atoms with E-state index in [2.05, 4.69) is 21.0 Å². The molecule has 0 saturated carbocycles. The predicted octanol–water partition coefficient (Wildman–Crippen LogP) is 1.65. The van der Waals surface area contributed by atoms with Gasteiger partial charge < -0.3 is 5.73 Å². The summed E-state index contributed by atoms with van der Waals surface area (Å²) in [5.41, 5.74) is 5.62.